The molecule has 0 fully saturated rings. The number of thiophene rings is 1. The number of hydrogen-bond donors (Lipinski definition) is 1. The highest BCUT2D eigenvalue weighted by atomic mass is 32.1. The Morgan fingerprint density at radius 2 is 1.86 bits per heavy atom. The average Bonchev–Trinajstić information content (AvgIpc) is 3.13. The second-order valence-corrected chi connectivity index (χ2v) is 8.39. The minimum absolute atomic E-state index is 0.167. The van der Waals surface area contributed by atoms with Gasteiger partial charge in [-0.25, -0.2) is 9.97 Å². The third kappa shape index (κ3) is 3.16. The molecule has 1 aliphatic rings. The third-order valence-electron chi connectivity index (χ3n) is 5.39. The number of aromatic nitrogens is 3. The summed E-state index contributed by atoms with van der Waals surface area (Å²) in [6.45, 7) is 2.19. The number of anilines is 1. The first-order valence-corrected chi connectivity index (χ1v) is 10.7. The molecule has 0 unspecified atom stereocenters. The lowest BCUT2D eigenvalue weighted by Crippen LogP contribution is -2.10. The average molecular weight is 387 g/mol. The molecule has 1 aromatic carbocycles. The first-order valence-electron chi connectivity index (χ1n) is 9.84. The van der Waals surface area contributed by atoms with E-state index in [1.165, 1.54) is 34.2 Å². The summed E-state index contributed by atoms with van der Waals surface area (Å²) in [5.41, 5.74) is 3.65. The van der Waals surface area contributed by atoms with Crippen LogP contribution in [0.15, 0.2) is 54.9 Å². The van der Waals surface area contributed by atoms with Crippen LogP contribution in [0.2, 0.25) is 0 Å². The molecule has 140 valence electrons. The van der Waals surface area contributed by atoms with Gasteiger partial charge < -0.3 is 5.32 Å². The Bertz CT molecular complexity index is 1110. The first kappa shape index (κ1) is 17.3. The molecule has 0 spiro atoms. The number of rotatable bonds is 4. The van der Waals surface area contributed by atoms with Gasteiger partial charge in [0.05, 0.1) is 5.39 Å². The van der Waals surface area contributed by atoms with Crippen molar-refractivity contribution in [3.05, 3.63) is 70.9 Å². The number of nitrogens with zero attached hydrogens (tertiary/aromatic N) is 3. The van der Waals surface area contributed by atoms with Gasteiger partial charge in [0.25, 0.3) is 0 Å². The second kappa shape index (κ2) is 7.32. The molecule has 0 saturated heterocycles. The van der Waals surface area contributed by atoms with Gasteiger partial charge in [-0.15, -0.1) is 11.3 Å². The van der Waals surface area contributed by atoms with Gasteiger partial charge in [0.1, 0.15) is 10.6 Å². The van der Waals surface area contributed by atoms with E-state index in [1.807, 2.05) is 29.7 Å². The smallest absolute Gasteiger partial charge is 0.164 e. The second-order valence-electron chi connectivity index (χ2n) is 7.31. The van der Waals surface area contributed by atoms with Gasteiger partial charge in [0.15, 0.2) is 5.82 Å². The summed E-state index contributed by atoms with van der Waals surface area (Å²) in [6.07, 6.45) is 8.41. The molecular weight excluding hydrogens is 364 g/mol. The van der Waals surface area contributed by atoms with Crippen LogP contribution in [0.3, 0.4) is 0 Å². The van der Waals surface area contributed by atoms with Crippen LogP contribution in [0, 0.1) is 0 Å². The van der Waals surface area contributed by atoms with Crippen LogP contribution in [0.4, 0.5) is 5.82 Å². The summed E-state index contributed by atoms with van der Waals surface area (Å²) >= 11 is 1.83. The van der Waals surface area contributed by atoms with Gasteiger partial charge in [0.2, 0.25) is 0 Å². The van der Waals surface area contributed by atoms with Crippen molar-refractivity contribution in [2.24, 2.45) is 0 Å². The summed E-state index contributed by atoms with van der Waals surface area (Å²) in [4.78, 5) is 16.7. The molecule has 0 amide bonds. The standard InChI is InChI=1S/C23H22N4S/c1-15(16-8-3-2-4-9-16)25-22-20-18-11-5-6-12-19(18)28-23(20)27-21(26-22)17-10-7-13-24-14-17/h2-4,7-10,13-15H,5-6,11-12H2,1H3,(H,25,26,27)/t15-/m0/s1. The van der Waals surface area contributed by atoms with E-state index in [0.29, 0.717) is 0 Å². The van der Waals surface area contributed by atoms with Crippen molar-refractivity contribution >= 4 is 27.4 Å². The van der Waals surface area contributed by atoms with E-state index in [2.05, 4.69) is 47.6 Å². The number of hydrogen-bond acceptors (Lipinski definition) is 5. The fourth-order valence-corrected chi connectivity index (χ4v) is 5.18. The topological polar surface area (TPSA) is 50.7 Å². The van der Waals surface area contributed by atoms with Crippen LogP contribution in [0.25, 0.3) is 21.6 Å². The van der Waals surface area contributed by atoms with Crippen LogP contribution in [-0.4, -0.2) is 15.0 Å². The van der Waals surface area contributed by atoms with E-state index in [4.69, 9.17) is 9.97 Å². The molecule has 0 bridgehead atoms. The zero-order chi connectivity index (χ0) is 18.9. The predicted molar refractivity (Wildman–Crippen MR) is 116 cm³/mol. The molecule has 28 heavy (non-hydrogen) atoms. The fourth-order valence-electron chi connectivity index (χ4n) is 3.92. The van der Waals surface area contributed by atoms with Crippen LogP contribution >= 0.6 is 11.3 Å². The van der Waals surface area contributed by atoms with Crippen LogP contribution in [-0.2, 0) is 12.8 Å². The Morgan fingerprint density at radius 1 is 1.00 bits per heavy atom. The molecule has 5 rings (SSSR count). The normalized spacial score (nSPS) is 14.6. The maximum Gasteiger partial charge on any atom is 0.164 e. The highest BCUT2D eigenvalue weighted by molar-refractivity contribution is 7.19. The maximum absolute atomic E-state index is 4.96. The van der Waals surface area contributed by atoms with E-state index >= 15 is 0 Å². The molecule has 1 atom stereocenters. The summed E-state index contributed by atoms with van der Waals surface area (Å²) < 4.78 is 0. The van der Waals surface area contributed by atoms with Crippen molar-refractivity contribution in [3.8, 4) is 11.4 Å². The molecular formula is C23H22N4S. The molecule has 1 N–H and O–H groups in total. The van der Waals surface area contributed by atoms with E-state index < -0.39 is 0 Å². The van der Waals surface area contributed by atoms with Crippen molar-refractivity contribution < 1.29 is 0 Å². The monoisotopic (exact) mass is 386 g/mol. The van der Waals surface area contributed by atoms with Crippen molar-refractivity contribution in [1.82, 2.24) is 15.0 Å². The van der Waals surface area contributed by atoms with Crippen LogP contribution in [0.5, 0.6) is 0 Å². The van der Waals surface area contributed by atoms with Gasteiger partial charge >= 0.3 is 0 Å². The maximum atomic E-state index is 4.96. The highest BCUT2D eigenvalue weighted by Gasteiger charge is 2.22. The molecule has 3 heterocycles. The number of nitrogens with one attached hydrogen (secondary N) is 1. The number of aryl methyl sites for hydroxylation is 2. The minimum Gasteiger partial charge on any atom is -0.363 e. The van der Waals surface area contributed by atoms with E-state index in [9.17, 15) is 0 Å². The van der Waals surface area contributed by atoms with Crippen molar-refractivity contribution in [2.75, 3.05) is 5.32 Å². The lowest BCUT2D eigenvalue weighted by atomic mass is 9.97. The molecule has 1 aliphatic carbocycles. The lowest BCUT2D eigenvalue weighted by Gasteiger charge is -2.18. The van der Waals surface area contributed by atoms with E-state index in [1.54, 1.807) is 6.20 Å². The van der Waals surface area contributed by atoms with Gasteiger partial charge in [-0.05, 0) is 55.9 Å². The Hall–Kier alpha value is -2.79. The minimum atomic E-state index is 0.167. The van der Waals surface area contributed by atoms with Gasteiger partial charge in [-0.2, -0.15) is 0 Å². The quantitative estimate of drug-likeness (QED) is 0.481. The summed E-state index contributed by atoms with van der Waals surface area (Å²) in [5.74, 6) is 1.68. The first-order chi connectivity index (χ1) is 13.8. The largest absolute Gasteiger partial charge is 0.363 e. The third-order valence-corrected chi connectivity index (χ3v) is 6.57. The van der Waals surface area contributed by atoms with Crippen LogP contribution < -0.4 is 5.32 Å². The Kier molecular flexibility index (Phi) is 4.53. The van der Waals surface area contributed by atoms with Crippen LogP contribution in [0.1, 0.15) is 41.8 Å². The molecule has 5 heteroatoms. The Labute approximate surface area is 168 Å². The molecule has 0 aliphatic heterocycles. The molecule has 4 nitrogen and oxygen atoms in total. The van der Waals surface area contributed by atoms with E-state index in [0.717, 1.165) is 34.9 Å². The molecule has 0 radical (unpaired) electrons. The zero-order valence-corrected chi connectivity index (χ0v) is 16.7. The highest BCUT2D eigenvalue weighted by Crippen LogP contribution is 2.40. The molecule has 0 saturated carbocycles. The van der Waals surface area contributed by atoms with Crippen molar-refractivity contribution in [1.29, 1.82) is 0 Å². The molecule has 3 aromatic heterocycles. The van der Waals surface area contributed by atoms with Crippen molar-refractivity contribution in [3.63, 3.8) is 0 Å². The SMILES string of the molecule is C[C@H](Nc1nc(-c2cccnc2)nc2sc3c(c12)CCCC3)c1ccccc1. The summed E-state index contributed by atoms with van der Waals surface area (Å²) in [6, 6.07) is 14.6. The summed E-state index contributed by atoms with van der Waals surface area (Å²) in [5, 5.41) is 4.90. The van der Waals surface area contributed by atoms with Crippen molar-refractivity contribution in [2.45, 2.75) is 38.6 Å². The summed E-state index contributed by atoms with van der Waals surface area (Å²) in [7, 11) is 0. The predicted octanol–water partition coefficient (Wildman–Crippen LogP) is 5.81. The van der Waals surface area contributed by atoms with E-state index in [-0.39, 0.29) is 6.04 Å². The number of fused-ring (bicyclic) bond motifs is 3. The Morgan fingerprint density at radius 3 is 2.68 bits per heavy atom. The fraction of sp³-hybridized carbons (Fsp3) is 0.261. The Balaban J connectivity index is 1.65. The molecule has 4 aromatic rings. The number of pyridine rings is 1. The van der Waals surface area contributed by atoms with Gasteiger partial charge in [-0.1, -0.05) is 30.3 Å². The van der Waals surface area contributed by atoms with Gasteiger partial charge in [0, 0.05) is 28.9 Å². The lowest BCUT2D eigenvalue weighted by molar-refractivity contribution is 0.700. The zero-order valence-electron chi connectivity index (χ0n) is 15.9. The number of benzene rings is 1. The van der Waals surface area contributed by atoms with Gasteiger partial charge in [-0.3, -0.25) is 4.98 Å².